The third-order valence-electron chi connectivity index (χ3n) is 4.14. The monoisotopic (exact) mass is 337 g/mol. The van der Waals surface area contributed by atoms with E-state index in [-0.39, 0.29) is 0 Å². The molecule has 0 unspecified atom stereocenters. The molecule has 2 aromatic carbocycles. The topological polar surface area (TPSA) is 3.24 Å². The standard InChI is InChI=1S/C22H21F2N/c1-2-3-9-22-14-18(19-12-20(23)15-21(24)13-19)10-11-25(22)16-17-7-5-4-6-8-17/h3-10,12-15H,2,11,16H2,1H3. The third kappa shape index (κ3) is 4.44. The normalized spacial score (nSPS) is 14.6. The Hall–Kier alpha value is -2.68. The summed E-state index contributed by atoms with van der Waals surface area (Å²) in [5.41, 5.74) is 3.69. The summed E-state index contributed by atoms with van der Waals surface area (Å²) in [5, 5.41) is 0. The van der Waals surface area contributed by atoms with Crippen molar-refractivity contribution in [2.75, 3.05) is 6.54 Å². The van der Waals surface area contributed by atoms with E-state index in [1.807, 2.05) is 30.4 Å². The molecule has 0 aromatic heterocycles. The summed E-state index contributed by atoms with van der Waals surface area (Å²) < 4.78 is 27.1. The third-order valence-corrected chi connectivity index (χ3v) is 4.14. The molecule has 128 valence electrons. The van der Waals surface area contributed by atoms with Crippen LogP contribution in [0.5, 0.6) is 0 Å². The minimum absolute atomic E-state index is 0.554. The van der Waals surface area contributed by atoms with Crippen molar-refractivity contribution < 1.29 is 8.78 Å². The second-order valence-electron chi connectivity index (χ2n) is 6.06. The van der Waals surface area contributed by atoms with Gasteiger partial charge in [-0.25, -0.2) is 8.78 Å². The van der Waals surface area contributed by atoms with E-state index in [0.717, 1.165) is 30.3 Å². The Labute approximate surface area is 147 Å². The van der Waals surface area contributed by atoms with Gasteiger partial charge in [0.1, 0.15) is 11.6 Å². The van der Waals surface area contributed by atoms with Crippen LogP contribution in [0.3, 0.4) is 0 Å². The number of allylic oxidation sites excluding steroid dienone is 4. The molecule has 25 heavy (non-hydrogen) atoms. The Morgan fingerprint density at radius 3 is 2.44 bits per heavy atom. The lowest BCUT2D eigenvalue weighted by Crippen LogP contribution is -2.24. The van der Waals surface area contributed by atoms with Crippen molar-refractivity contribution in [1.82, 2.24) is 4.90 Å². The number of hydrogen-bond acceptors (Lipinski definition) is 1. The molecule has 3 heteroatoms. The zero-order valence-electron chi connectivity index (χ0n) is 14.3. The Morgan fingerprint density at radius 2 is 1.76 bits per heavy atom. The lowest BCUT2D eigenvalue weighted by atomic mass is 10.00. The molecule has 0 fully saturated rings. The van der Waals surface area contributed by atoms with Gasteiger partial charge in [0, 0.05) is 24.9 Å². The van der Waals surface area contributed by atoms with Crippen molar-refractivity contribution in [1.29, 1.82) is 0 Å². The van der Waals surface area contributed by atoms with Crippen molar-refractivity contribution in [3.8, 4) is 0 Å². The van der Waals surface area contributed by atoms with E-state index < -0.39 is 11.6 Å². The minimum Gasteiger partial charge on any atom is -0.363 e. The van der Waals surface area contributed by atoms with Crippen LogP contribution >= 0.6 is 0 Å². The van der Waals surface area contributed by atoms with Gasteiger partial charge in [-0.3, -0.25) is 0 Å². The predicted molar refractivity (Wildman–Crippen MR) is 98.7 cm³/mol. The van der Waals surface area contributed by atoms with Crippen LogP contribution in [-0.4, -0.2) is 11.4 Å². The van der Waals surface area contributed by atoms with Crippen LogP contribution in [0.15, 0.2) is 78.5 Å². The van der Waals surface area contributed by atoms with Crippen molar-refractivity contribution >= 4 is 5.57 Å². The molecule has 0 atom stereocenters. The fourth-order valence-electron chi connectivity index (χ4n) is 2.90. The van der Waals surface area contributed by atoms with Crippen LogP contribution < -0.4 is 0 Å². The van der Waals surface area contributed by atoms with E-state index in [4.69, 9.17) is 0 Å². The zero-order valence-corrected chi connectivity index (χ0v) is 14.3. The molecule has 1 aliphatic heterocycles. The van der Waals surface area contributed by atoms with Crippen molar-refractivity contribution in [3.63, 3.8) is 0 Å². The Morgan fingerprint density at radius 1 is 1.04 bits per heavy atom. The molecule has 1 aliphatic rings. The zero-order chi connectivity index (χ0) is 17.6. The molecule has 0 saturated heterocycles. The molecule has 0 radical (unpaired) electrons. The maximum Gasteiger partial charge on any atom is 0.126 e. The molecule has 2 aromatic rings. The fraction of sp³-hybridized carbons (Fsp3) is 0.182. The molecule has 0 bridgehead atoms. The number of benzene rings is 2. The van der Waals surface area contributed by atoms with E-state index in [1.165, 1.54) is 17.7 Å². The van der Waals surface area contributed by atoms with Crippen molar-refractivity contribution in [3.05, 3.63) is 101 Å². The van der Waals surface area contributed by atoms with E-state index >= 15 is 0 Å². The number of rotatable bonds is 5. The highest BCUT2D eigenvalue weighted by Crippen LogP contribution is 2.26. The molecule has 0 saturated carbocycles. The van der Waals surface area contributed by atoms with Gasteiger partial charge in [-0.1, -0.05) is 49.4 Å². The maximum absolute atomic E-state index is 13.5. The second kappa shape index (κ2) is 7.93. The maximum atomic E-state index is 13.5. The number of hydrogen-bond donors (Lipinski definition) is 0. The molecule has 0 N–H and O–H groups in total. The Kier molecular flexibility index (Phi) is 5.44. The summed E-state index contributed by atoms with van der Waals surface area (Å²) >= 11 is 0. The lowest BCUT2D eigenvalue weighted by molar-refractivity contribution is 0.382. The highest BCUT2D eigenvalue weighted by atomic mass is 19.1. The molecule has 3 rings (SSSR count). The predicted octanol–water partition coefficient (Wildman–Crippen LogP) is 5.71. The van der Waals surface area contributed by atoms with Crippen LogP contribution in [-0.2, 0) is 6.54 Å². The number of nitrogens with zero attached hydrogens (tertiary/aromatic N) is 1. The molecule has 1 nitrogen and oxygen atoms in total. The average molecular weight is 337 g/mol. The average Bonchev–Trinajstić information content (AvgIpc) is 2.61. The van der Waals surface area contributed by atoms with Crippen LogP contribution in [0.4, 0.5) is 8.78 Å². The van der Waals surface area contributed by atoms with Gasteiger partial charge >= 0.3 is 0 Å². The molecular weight excluding hydrogens is 316 g/mol. The first-order valence-electron chi connectivity index (χ1n) is 8.49. The number of halogens is 2. The van der Waals surface area contributed by atoms with Crippen LogP contribution in [0.25, 0.3) is 5.57 Å². The van der Waals surface area contributed by atoms with Gasteiger partial charge in [0.2, 0.25) is 0 Å². The second-order valence-corrected chi connectivity index (χ2v) is 6.06. The summed E-state index contributed by atoms with van der Waals surface area (Å²) in [6, 6.07) is 13.9. The summed E-state index contributed by atoms with van der Waals surface area (Å²) in [6.45, 7) is 3.57. The molecule has 0 amide bonds. The van der Waals surface area contributed by atoms with Crippen LogP contribution in [0.1, 0.15) is 24.5 Å². The quantitative estimate of drug-likeness (QED) is 0.675. The SMILES string of the molecule is CCC=CC1=CC(c2cc(F)cc(F)c2)=CCN1Cc1ccccc1. The van der Waals surface area contributed by atoms with Crippen LogP contribution in [0.2, 0.25) is 0 Å². The van der Waals surface area contributed by atoms with E-state index in [1.54, 1.807) is 0 Å². The Bertz CT molecular complexity index is 799. The van der Waals surface area contributed by atoms with Crippen molar-refractivity contribution in [2.24, 2.45) is 0 Å². The van der Waals surface area contributed by atoms with E-state index in [9.17, 15) is 8.78 Å². The van der Waals surface area contributed by atoms with Gasteiger partial charge in [-0.2, -0.15) is 0 Å². The van der Waals surface area contributed by atoms with E-state index in [2.05, 4.69) is 36.1 Å². The fourth-order valence-corrected chi connectivity index (χ4v) is 2.90. The highest BCUT2D eigenvalue weighted by Gasteiger charge is 2.14. The van der Waals surface area contributed by atoms with Gasteiger partial charge in [-0.15, -0.1) is 0 Å². The van der Waals surface area contributed by atoms with Gasteiger partial charge in [0.05, 0.1) is 0 Å². The summed E-state index contributed by atoms with van der Waals surface area (Å²) in [6.07, 6.45) is 9.11. The van der Waals surface area contributed by atoms with Crippen molar-refractivity contribution in [2.45, 2.75) is 19.9 Å². The lowest BCUT2D eigenvalue weighted by Gasteiger charge is -2.29. The largest absolute Gasteiger partial charge is 0.363 e. The van der Waals surface area contributed by atoms with Gasteiger partial charge in [0.25, 0.3) is 0 Å². The molecule has 0 aliphatic carbocycles. The summed E-state index contributed by atoms with van der Waals surface area (Å²) in [5.74, 6) is -1.11. The molecular formula is C22H21F2N. The van der Waals surface area contributed by atoms with Gasteiger partial charge in [0.15, 0.2) is 0 Å². The first kappa shape index (κ1) is 17.2. The first-order chi connectivity index (χ1) is 12.2. The molecule has 1 heterocycles. The van der Waals surface area contributed by atoms with E-state index in [0.29, 0.717) is 12.1 Å². The minimum atomic E-state index is -0.554. The van der Waals surface area contributed by atoms with Gasteiger partial charge < -0.3 is 4.90 Å². The smallest absolute Gasteiger partial charge is 0.126 e. The van der Waals surface area contributed by atoms with Crippen LogP contribution in [0, 0.1) is 11.6 Å². The highest BCUT2D eigenvalue weighted by molar-refractivity contribution is 5.76. The molecule has 0 spiro atoms. The van der Waals surface area contributed by atoms with Gasteiger partial charge in [-0.05, 0) is 47.4 Å². The summed E-state index contributed by atoms with van der Waals surface area (Å²) in [4.78, 5) is 2.25. The first-order valence-corrected chi connectivity index (χ1v) is 8.49. The summed E-state index contributed by atoms with van der Waals surface area (Å²) in [7, 11) is 0. The Balaban J connectivity index is 1.88.